The van der Waals surface area contributed by atoms with E-state index in [0.717, 1.165) is 0 Å². The summed E-state index contributed by atoms with van der Waals surface area (Å²) < 4.78 is 0. The lowest BCUT2D eigenvalue weighted by Gasteiger charge is -2.23. The van der Waals surface area contributed by atoms with E-state index in [2.05, 4.69) is 31.9 Å². The van der Waals surface area contributed by atoms with Crippen LogP contribution in [0.5, 0.6) is 5.75 Å². The molecular formula is C36H51N9O11. The van der Waals surface area contributed by atoms with Crippen molar-refractivity contribution in [2.45, 2.75) is 81.8 Å². The Kier molecular flexibility index (Phi) is 19.4. The van der Waals surface area contributed by atoms with Gasteiger partial charge in [0.25, 0.3) is 0 Å². The number of hydrogen-bond donors (Lipinski definition) is 12. The number of primary amides is 1. The molecule has 0 saturated carbocycles. The van der Waals surface area contributed by atoms with Gasteiger partial charge in [0.1, 0.15) is 29.9 Å². The van der Waals surface area contributed by atoms with Crippen molar-refractivity contribution in [3.63, 3.8) is 0 Å². The van der Waals surface area contributed by atoms with Crippen LogP contribution in [-0.2, 0) is 51.2 Å². The molecule has 0 aromatic heterocycles. The summed E-state index contributed by atoms with van der Waals surface area (Å²) in [5, 5.41) is 43.2. The molecule has 0 aliphatic heterocycles. The second kappa shape index (κ2) is 23.6. The third-order valence-corrected chi connectivity index (χ3v) is 8.19. The summed E-state index contributed by atoms with van der Waals surface area (Å²) in [7, 11) is 0. The van der Waals surface area contributed by atoms with E-state index in [1.54, 1.807) is 42.5 Å². The second-order valence-corrected chi connectivity index (χ2v) is 12.9. The normalized spacial score (nSPS) is 14.0. The van der Waals surface area contributed by atoms with Gasteiger partial charge in [-0.05, 0) is 62.4 Å². The zero-order valence-corrected chi connectivity index (χ0v) is 30.9. The number of carboxylic acid groups (broad SMARTS) is 1. The van der Waals surface area contributed by atoms with Gasteiger partial charge in [-0.2, -0.15) is 0 Å². The molecule has 20 nitrogen and oxygen atoms in total. The summed E-state index contributed by atoms with van der Waals surface area (Å²) in [6.45, 7) is 0.0290. The van der Waals surface area contributed by atoms with Crippen molar-refractivity contribution in [2.75, 3.05) is 19.6 Å². The zero-order chi connectivity index (χ0) is 41.8. The average Bonchev–Trinajstić information content (AvgIpc) is 3.14. The molecule has 7 amide bonds. The number of unbranched alkanes of at least 4 members (excludes halogenated alkanes) is 1. The first-order valence-electron chi connectivity index (χ1n) is 17.7. The Labute approximate surface area is 322 Å². The standard InChI is InChI=1S/C36H51N9O11/c1-20(46)31(45-30(50)19-40-33(52)27(17-28(39)48)44-32(51)24(38)15-22-10-12-23(47)13-11-22)35(54)41-18-29(49)42-26(16-21-7-3-2-4-8-21)34(53)43-25(36(55)56)9-5-6-14-37/h2-4,7-8,10-13,20,24-27,31,46-47H,5-6,9,14-19,37-38H2,1H3,(H2,39,48)(H,40,52)(H,41,54)(H,42,49)(H,43,53)(H,44,51)(H,45,50)(H,55,56)/t20-,24+,25+,26+,27+,31+/m1/s1. The zero-order valence-electron chi connectivity index (χ0n) is 30.9. The second-order valence-electron chi connectivity index (χ2n) is 12.9. The van der Waals surface area contributed by atoms with Gasteiger partial charge in [-0.1, -0.05) is 42.5 Å². The number of phenols is 1. The lowest BCUT2D eigenvalue weighted by atomic mass is 10.0. The third kappa shape index (κ3) is 16.9. The molecule has 2 aromatic carbocycles. The van der Waals surface area contributed by atoms with E-state index in [0.29, 0.717) is 30.5 Å². The SMILES string of the molecule is C[C@@H](O)[C@H](NC(=O)CNC(=O)[C@H](CC(N)=O)NC(=O)[C@@H](N)Cc1ccc(O)cc1)C(=O)NCC(=O)N[C@@H](Cc1ccccc1)C(=O)N[C@@H](CCCCN)C(=O)O. The largest absolute Gasteiger partial charge is 0.508 e. The van der Waals surface area contributed by atoms with Gasteiger partial charge in [0.2, 0.25) is 41.4 Å². The van der Waals surface area contributed by atoms with Crippen molar-refractivity contribution < 1.29 is 53.7 Å². The van der Waals surface area contributed by atoms with Crippen molar-refractivity contribution in [3.05, 3.63) is 65.7 Å². The molecule has 0 spiro atoms. The van der Waals surface area contributed by atoms with Crippen LogP contribution in [0, 0.1) is 0 Å². The van der Waals surface area contributed by atoms with E-state index < -0.39 is 103 Å². The van der Waals surface area contributed by atoms with E-state index in [-0.39, 0.29) is 25.0 Å². The maximum atomic E-state index is 13.2. The van der Waals surface area contributed by atoms with Crippen LogP contribution in [0.25, 0.3) is 0 Å². The Balaban J connectivity index is 1.99. The summed E-state index contributed by atoms with van der Waals surface area (Å²) in [6, 6.07) is 7.67. The van der Waals surface area contributed by atoms with Crippen LogP contribution in [0.2, 0.25) is 0 Å². The Morgan fingerprint density at radius 3 is 1.82 bits per heavy atom. The van der Waals surface area contributed by atoms with Crippen LogP contribution in [0.1, 0.15) is 43.7 Å². The number of aliphatic carboxylic acids is 1. The van der Waals surface area contributed by atoms with Gasteiger partial charge in [0.15, 0.2) is 0 Å². The molecule has 0 aliphatic carbocycles. The summed E-state index contributed by atoms with van der Waals surface area (Å²) >= 11 is 0. The van der Waals surface area contributed by atoms with Crippen LogP contribution in [0.4, 0.5) is 0 Å². The number of nitrogens with two attached hydrogens (primary N) is 3. The smallest absolute Gasteiger partial charge is 0.326 e. The van der Waals surface area contributed by atoms with Crippen LogP contribution in [0.3, 0.4) is 0 Å². The number of aliphatic hydroxyl groups excluding tert-OH is 1. The topological polar surface area (TPSA) is 347 Å². The number of aromatic hydroxyl groups is 1. The van der Waals surface area contributed by atoms with E-state index in [9.17, 15) is 53.7 Å². The van der Waals surface area contributed by atoms with Crippen molar-refractivity contribution in [2.24, 2.45) is 17.2 Å². The summed E-state index contributed by atoms with van der Waals surface area (Å²) in [6.07, 6.45) is -1.04. The van der Waals surface area contributed by atoms with Gasteiger partial charge in [-0.15, -0.1) is 0 Å². The molecule has 20 heteroatoms. The molecule has 0 radical (unpaired) electrons. The van der Waals surface area contributed by atoms with Gasteiger partial charge in [-0.25, -0.2) is 4.79 Å². The minimum Gasteiger partial charge on any atom is -0.508 e. The summed E-state index contributed by atoms with van der Waals surface area (Å²) in [5.74, 6) is -7.62. The number of nitrogens with one attached hydrogen (secondary N) is 6. The van der Waals surface area contributed by atoms with Gasteiger partial charge < -0.3 is 64.4 Å². The maximum Gasteiger partial charge on any atom is 0.326 e. The number of carboxylic acids is 1. The van der Waals surface area contributed by atoms with E-state index in [1.165, 1.54) is 19.1 Å². The highest BCUT2D eigenvalue weighted by Gasteiger charge is 2.30. The molecule has 2 aromatic rings. The molecule has 0 heterocycles. The molecule has 0 fully saturated rings. The number of amides is 7. The fraction of sp³-hybridized carbons (Fsp3) is 0.444. The molecule has 15 N–H and O–H groups in total. The first-order chi connectivity index (χ1) is 26.5. The number of carbonyl (C=O) groups is 8. The Hall–Kier alpha value is -6.12. The maximum absolute atomic E-state index is 13.2. The van der Waals surface area contributed by atoms with Crippen LogP contribution in [-0.4, -0.2) is 119 Å². The number of phenolic OH excluding ortho intramolecular Hbond substituents is 1. The summed E-state index contributed by atoms with van der Waals surface area (Å²) in [5.41, 5.74) is 17.9. The average molecular weight is 786 g/mol. The molecule has 0 unspecified atom stereocenters. The van der Waals surface area contributed by atoms with Crippen LogP contribution in [0.15, 0.2) is 54.6 Å². The number of benzene rings is 2. The minimum atomic E-state index is -1.63. The first kappa shape index (κ1) is 46.0. The third-order valence-electron chi connectivity index (χ3n) is 8.19. The molecular weight excluding hydrogens is 734 g/mol. The number of rotatable bonds is 24. The quantitative estimate of drug-likeness (QED) is 0.0454. The molecule has 0 saturated heterocycles. The van der Waals surface area contributed by atoms with Crippen molar-refractivity contribution >= 4 is 47.3 Å². The predicted octanol–water partition coefficient (Wildman–Crippen LogP) is -3.85. The Bertz CT molecular complexity index is 1660. The molecule has 6 atom stereocenters. The Morgan fingerprint density at radius 1 is 0.679 bits per heavy atom. The minimum absolute atomic E-state index is 0.00740. The summed E-state index contributed by atoms with van der Waals surface area (Å²) in [4.78, 5) is 101. The highest BCUT2D eigenvalue weighted by atomic mass is 16.4. The fourth-order valence-electron chi connectivity index (χ4n) is 5.19. The van der Waals surface area contributed by atoms with Gasteiger partial charge in [0, 0.05) is 6.42 Å². The van der Waals surface area contributed by atoms with Crippen LogP contribution < -0.4 is 49.1 Å². The first-order valence-corrected chi connectivity index (χ1v) is 17.7. The van der Waals surface area contributed by atoms with Crippen molar-refractivity contribution in [3.8, 4) is 5.75 Å². The van der Waals surface area contributed by atoms with E-state index in [1.807, 2.05) is 0 Å². The van der Waals surface area contributed by atoms with E-state index >= 15 is 0 Å². The van der Waals surface area contributed by atoms with Crippen LogP contribution >= 0.6 is 0 Å². The van der Waals surface area contributed by atoms with Crippen molar-refractivity contribution in [1.29, 1.82) is 0 Å². The van der Waals surface area contributed by atoms with Gasteiger partial charge in [-0.3, -0.25) is 33.6 Å². The number of hydrogen-bond acceptors (Lipinski definition) is 12. The fourth-order valence-corrected chi connectivity index (χ4v) is 5.19. The van der Waals surface area contributed by atoms with Gasteiger partial charge >= 0.3 is 5.97 Å². The molecule has 0 bridgehead atoms. The molecule has 0 aliphatic rings. The lowest BCUT2D eigenvalue weighted by Crippen LogP contribution is -2.57. The van der Waals surface area contributed by atoms with E-state index in [4.69, 9.17) is 17.2 Å². The lowest BCUT2D eigenvalue weighted by molar-refractivity contribution is -0.142. The monoisotopic (exact) mass is 785 g/mol. The number of aliphatic hydroxyl groups is 1. The highest BCUT2D eigenvalue weighted by molar-refractivity contribution is 5.96. The molecule has 306 valence electrons. The predicted molar refractivity (Wildman–Crippen MR) is 200 cm³/mol. The van der Waals surface area contributed by atoms with Crippen molar-refractivity contribution in [1.82, 2.24) is 31.9 Å². The van der Waals surface area contributed by atoms with Gasteiger partial charge in [0.05, 0.1) is 31.7 Å². The molecule has 2 rings (SSSR count). The number of carbonyl (C=O) groups excluding carboxylic acids is 7. The molecule has 56 heavy (non-hydrogen) atoms. The Morgan fingerprint density at radius 2 is 1.25 bits per heavy atom. The highest BCUT2D eigenvalue weighted by Crippen LogP contribution is 2.11.